The van der Waals surface area contributed by atoms with E-state index >= 15 is 0 Å². The van der Waals surface area contributed by atoms with Crippen molar-refractivity contribution in [3.8, 4) is 0 Å². The van der Waals surface area contributed by atoms with Crippen LogP contribution in [0.15, 0.2) is 41.8 Å². The van der Waals surface area contributed by atoms with Gasteiger partial charge < -0.3 is 16.0 Å². The second-order valence-corrected chi connectivity index (χ2v) is 8.90. The number of carbonyl (C=O) groups excluding carboxylic acids is 2. The molecule has 2 amide bonds. The van der Waals surface area contributed by atoms with E-state index in [1.54, 1.807) is 23.1 Å². The first kappa shape index (κ1) is 21.0. The van der Waals surface area contributed by atoms with E-state index in [4.69, 9.17) is 5.73 Å². The predicted molar refractivity (Wildman–Crippen MR) is 115 cm³/mol. The zero-order valence-electron chi connectivity index (χ0n) is 16.8. The van der Waals surface area contributed by atoms with Crippen molar-refractivity contribution in [1.82, 2.24) is 15.1 Å². The Kier molecular flexibility index (Phi) is 6.46. The summed E-state index contributed by atoms with van der Waals surface area (Å²) >= 11 is 1.39. The first-order valence-electron chi connectivity index (χ1n) is 10.4. The second-order valence-electron chi connectivity index (χ2n) is 7.95. The molecule has 3 N–H and O–H groups in total. The van der Waals surface area contributed by atoms with Crippen LogP contribution < -0.4 is 11.1 Å². The molecule has 2 aromatic rings. The Morgan fingerprint density at radius 2 is 1.97 bits per heavy atom. The molecule has 160 valence electrons. The van der Waals surface area contributed by atoms with Crippen molar-refractivity contribution >= 4 is 23.2 Å². The third-order valence-electron chi connectivity index (χ3n) is 5.78. The Bertz CT molecular complexity index is 870. The number of nitrogens with zero attached hydrogens (tertiary/aromatic N) is 2. The third-order valence-corrected chi connectivity index (χ3v) is 6.64. The summed E-state index contributed by atoms with van der Waals surface area (Å²) < 4.78 is 13.3. The summed E-state index contributed by atoms with van der Waals surface area (Å²) in [5.41, 5.74) is 6.58. The zero-order valence-corrected chi connectivity index (χ0v) is 17.6. The van der Waals surface area contributed by atoms with Crippen molar-refractivity contribution in [2.24, 2.45) is 5.73 Å². The number of nitrogens with two attached hydrogens (primary N) is 1. The SMILES string of the molecule is NCCNC(=O)C1CC(N(Cc2ccc(F)cc2)C2CC2)CN1C(=O)c1cccs1. The highest BCUT2D eigenvalue weighted by Crippen LogP contribution is 2.35. The van der Waals surface area contributed by atoms with Gasteiger partial charge in [0.1, 0.15) is 11.9 Å². The molecule has 4 rings (SSSR count). The van der Waals surface area contributed by atoms with Crippen molar-refractivity contribution in [2.75, 3.05) is 19.6 Å². The standard InChI is InChI=1S/C22H27FN4O2S/c23-16-5-3-15(4-6-16)13-26(17-7-8-17)18-12-19(21(28)25-10-9-24)27(14-18)22(29)20-2-1-11-30-20/h1-6,11,17-19H,7-10,12-14,24H2,(H,25,28). The Morgan fingerprint density at radius 3 is 2.60 bits per heavy atom. The normalized spacial score (nSPS) is 21.2. The minimum atomic E-state index is -0.509. The van der Waals surface area contributed by atoms with Crippen LogP contribution >= 0.6 is 11.3 Å². The van der Waals surface area contributed by atoms with Crippen LogP contribution in [0.1, 0.15) is 34.5 Å². The van der Waals surface area contributed by atoms with Crippen LogP contribution in [0, 0.1) is 5.82 Å². The lowest BCUT2D eigenvalue weighted by Crippen LogP contribution is -2.46. The van der Waals surface area contributed by atoms with Gasteiger partial charge in [-0.15, -0.1) is 11.3 Å². The van der Waals surface area contributed by atoms with Gasteiger partial charge in [0.15, 0.2) is 0 Å². The molecule has 1 saturated carbocycles. The lowest BCUT2D eigenvalue weighted by atomic mass is 10.1. The number of carbonyl (C=O) groups is 2. The van der Waals surface area contributed by atoms with Crippen LogP contribution in [0.2, 0.25) is 0 Å². The third kappa shape index (κ3) is 4.71. The maximum absolute atomic E-state index is 13.3. The lowest BCUT2D eigenvalue weighted by Gasteiger charge is -2.29. The van der Waals surface area contributed by atoms with Gasteiger partial charge in [-0.2, -0.15) is 0 Å². The number of likely N-dealkylation sites (tertiary alicyclic amines) is 1. The molecule has 1 aromatic carbocycles. The molecule has 1 saturated heterocycles. The van der Waals surface area contributed by atoms with E-state index in [9.17, 15) is 14.0 Å². The average molecular weight is 431 g/mol. The summed E-state index contributed by atoms with van der Waals surface area (Å²) in [5.74, 6) is -0.495. The van der Waals surface area contributed by atoms with Crippen molar-refractivity contribution in [1.29, 1.82) is 0 Å². The fourth-order valence-corrected chi connectivity index (χ4v) is 4.82. The Balaban J connectivity index is 1.54. The largest absolute Gasteiger partial charge is 0.353 e. The van der Waals surface area contributed by atoms with Crippen molar-refractivity contribution < 1.29 is 14.0 Å². The van der Waals surface area contributed by atoms with Crippen LogP contribution in [-0.2, 0) is 11.3 Å². The van der Waals surface area contributed by atoms with Gasteiger partial charge in [0.05, 0.1) is 4.88 Å². The van der Waals surface area contributed by atoms with Crippen LogP contribution in [0.4, 0.5) is 4.39 Å². The lowest BCUT2D eigenvalue weighted by molar-refractivity contribution is -0.124. The van der Waals surface area contributed by atoms with Crippen molar-refractivity contribution in [2.45, 2.75) is 43.9 Å². The molecule has 0 radical (unpaired) electrons. The Labute approximate surface area is 179 Å². The number of rotatable bonds is 8. The van der Waals surface area contributed by atoms with E-state index in [1.807, 2.05) is 11.4 Å². The molecule has 1 aliphatic carbocycles. The summed E-state index contributed by atoms with van der Waals surface area (Å²) in [7, 11) is 0. The van der Waals surface area contributed by atoms with Gasteiger partial charge in [0.2, 0.25) is 5.91 Å². The first-order chi connectivity index (χ1) is 14.6. The quantitative estimate of drug-likeness (QED) is 0.673. The smallest absolute Gasteiger partial charge is 0.264 e. The molecule has 2 fully saturated rings. The van der Waals surface area contributed by atoms with Crippen LogP contribution in [0.3, 0.4) is 0 Å². The summed E-state index contributed by atoms with van der Waals surface area (Å²) in [6.07, 6.45) is 2.81. The molecule has 2 atom stereocenters. The number of hydrogen-bond donors (Lipinski definition) is 2. The van der Waals surface area contributed by atoms with E-state index in [0.29, 0.717) is 43.5 Å². The molecular weight excluding hydrogens is 403 g/mol. The highest BCUT2D eigenvalue weighted by molar-refractivity contribution is 7.12. The summed E-state index contributed by atoms with van der Waals surface area (Å²) in [5, 5.41) is 4.72. The minimum Gasteiger partial charge on any atom is -0.353 e. The Hall–Kier alpha value is -2.29. The van der Waals surface area contributed by atoms with Gasteiger partial charge in [-0.3, -0.25) is 14.5 Å². The summed E-state index contributed by atoms with van der Waals surface area (Å²) in [6.45, 7) is 1.95. The summed E-state index contributed by atoms with van der Waals surface area (Å²) in [6, 6.07) is 10.2. The number of hydrogen-bond acceptors (Lipinski definition) is 5. The second kappa shape index (κ2) is 9.24. The van der Waals surface area contributed by atoms with Crippen LogP contribution in [0.25, 0.3) is 0 Å². The zero-order chi connectivity index (χ0) is 21.1. The number of nitrogens with one attached hydrogen (secondary N) is 1. The van der Waals surface area contributed by atoms with Gasteiger partial charge in [0.25, 0.3) is 5.91 Å². The molecule has 8 heteroatoms. The van der Waals surface area contributed by atoms with Gasteiger partial charge in [-0.25, -0.2) is 4.39 Å². The number of benzene rings is 1. The van der Waals surface area contributed by atoms with Gasteiger partial charge in [-0.05, 0) is 48.4 Å². The van der Waals surface area contributed by atoms with Crippen molar-refractivity contribution in [3.05, 3.63) is 58.0 Å². The van der Waals surface area contributed by atoms with Gasteiger partial charge in [-0.1, -0.05) is 18.2 Å². The van der Waals surface area contributed by atoms with E-state index in [0.717, 1.165) is 18.4 Å². The maximum Gasteiger partial charge on any atom is 0.264 e. The molecule has 2 heterocycles. The topological polar surface area (TPSA) is 78.7 Å². The highest BCUT2D eigenvalue weighted by atomic mass is 32.1. The average Bonchev–Trinajstić information content (AvgIpc) is 3.26. The van der Waals surface area contributed by atoms with Crippen LogP contribution in [0.5, 0.6) is 0 Å². The van der Waals surface area contributed by atoms with Gasteiger partial charge >= 0.3 is 0 Å². The molecule has 0 spiro atoms. The summed E-state index contributed by atoms with van der Waals surface area (Å²) in [4.78, 5) is 30.7. The number of halogens is 1. The van der Waals surface area contributed by atoms with Crippen molar-refractivity contribution in [3.63, 3.8) is 0 Å². The fraction of sp³-hybridized carbons (Fsp3) is 0.455. The molecular formula is C22H27FN4O2S. The maximum atomic E-state index is 13.3. The molecule has 2 aliphatic rings. The molecule has 30 heavy (non-hydrogen) atoms. The highest BCUT2D eigenvalue weighted by Gasteiger charge is 2.45. The van der Waals surface area contributed by atoms with Gasteiger partial charge in [0, 0.05) is 38.3 Å². The first-order valence-corrected chi connectivity index (χ1v) is 11.3. The van der Waals surface area contributed by atoms with E-state index < -0.39 is 6.04 Å². The fourth-order valence-electron chi connectivity index (χ4n) is 4.15. The van der Waals surface area contributed by atoms with E-state index in [2.05, 4.69) is 10.2 Å². The Morgan fingerprint density at radius 1 is 1.20 bits per heavy atom. The number of amides is 2. The molecule has 6 nitrogen and oxygen atoms in total. The van der Waals surface area contributed by atoms with E-state index in [1.165, 1.54) is 23.5 Å². The monoisotopic (exact) mass is 430 g/mol. The number of thiophene rings is 1. The minimum absolute atomic E-state index is 0.0834. The van der Waals surface area contributed by atoms with Crippen LogP contribution in [-0.4, -0.2) is 59.4 Å². The molecule has 1 aliphatic heterocycles. The molecule has 1 aromatic heterocycles. The molecule has 0 bridgehead atoms. The predicted octanol–water partition coefficient (Wildman–Crippen LogP) is 2.21. The van der Waals surface area contributed by atoms with E-state index in [-0.39, 0.29) is 23.7 Å². The molecule has 2 unspecified atom stereocenters.